The second-order valence-electron chi connectivity index (χ2n) is 7.53. The van der Waals surface area contributed by atoms with Gasteiger partial charge in [-0.25, -0.2) is 9.97 Å². The van der Waals surface area contributed by atoms with Crippen molar-refractivity contribution >= 4 is 5.91 Å². The Morgan fingerprint density at radius 2 is 1.89 bits per heavy atom. The summed E-state index contributed by atoms with van der Waals surface area (Å²) in [5.74, 6) is -0.294. The number of ether oxygens (including phenoxy) is 2. The maximum absolute atomic E-state index is 13.7. The van der Waals surface area contributed by atoms with E-state index in [4.69, 9.17) is 9.47 Å². The number of nitrogens with one attached hydrogen (secondary N) is 1. The van der Waals surface area contributed by atoms with Gasteiger partial charge in [0.15, 0.2) is 6.04 Å². The van der Waals surface area contributed by atoms with Gasteiger partial charge in [-0.05, 0) is 24.3 Å². The normalized spacial score (nSPS) is 12.2. The standard InChI is InChI=1S/C24H21F3N6O3/c1-35-14-19-17(22(34)32-21(24(25,26)27)15-6-5-10-28-12-15)13-30-33(19)23-29-11-9-18(31-23)16-7-3-4-8-20(16)36-2/h3-13,21H,14H2,1-2H3,(H,32,34)/t21-/m1/s1. The fourth-order valence-electron chi connectivity index (χ4n) is 3.58. The maximum Gasteiger partial charge on any atom is 0.412 e. The van der Waals surface area contributed by atoms with E-state index in [9.17, 15) is 18.0 Å². The zero-order valence-electron chi connectivity index (χ0n) is 19.2. The van der Waals surface area contributed by atoms with Crippen molar-refractivity contribution < 1.29 is 27.4 Å². The Morgan fingerprint density at radius 3 is 2.58 bits per heavy atom. The number of hydrogen-bond donors (Lipinski definition) is 1. The van der Waals surface area contributed by atoms with Crippen molar-refractivity contribution in [3.05, 3.63) is 84.1 Å². The Kier molecular flexibility index (Phi) is 7.25. The third kappa shape index (κ3) is 5.18. The van der Waals surface area contributed by atoms with Gasteiger partial charge in [0.25, 0.3) is 11.9 Å². The number of pyridine rings is 1. The maximum atomic E-state index is 13.7. The van der Waals surface area contributed by atoms with Crippen molar-refractivity contribution in [3.63, 3.8) is 0 Å². The van der Waals surface area contributed by atoms with Gasteiger partial charge in [-0.2, -0.15) is 23.0 Å². The Labute approximate surface area is 203 Å². The van der Waals surface area contributed by atoms with Gasteiger partial charge in [-0.15, -0.1) is 0 Å². The number of nitrogens with zero attached hydrogens (tertiary/aromatic N) is 5. The lowest BCUT2D eigenvalue weighted by Gasteiger charge is -2.21. The van der Waals surface area contributed by atoms with Crippen LogP contribution in [0.3, 0.4) is 0 Å². The summed E-state index contributed by atoms with van der Waals surface area (Å²) in [7, 11) is 2.93. The molecule has 0 bridgehead atoms. The number of methoxy groups -OCH3 is 2. The summed E-state index contributed by atoms with van der Waals surface area (Å²) in [6, 6.07) is 9.26. The van der Waals surface area contributed by atoms with Crippen LogP contribution in [0.4, 0.5) is 13.2 Å². The zero-order chi connectivity index (χ0) is 25.7. The van der Waals surface area contributed by atoms with Gasteiger partial charge in [0.05, 0.1) is 36.9 Å². The van der Waals surface area contributed by atoms with Crippen molar-refractivity contribution in [2.75, 3.05) is 14.2 Å². The van der Waals surface area contributed by atoms with Crippen LogP contribution in [0.25, 0.3) is 17.2 Å². The summed E-state index contributed by atoms with van der Waals surface area (Å²) in [6.07, 6.45) is 0.305. The van der Waals surface area contributed by atoms with Crippen molar-refractivity contribution in [2.24, 2.45) is 0 Å². The first-order valence-corrected chi connectivity index (χ1v) is 10.6. The third-order valence-electron chi connectivity index (χ3n) is 5.23. The van der Waals surface area contributed by atoms with E-state index in [0.29, 0.717) is 17.0 Å². The first kappa shape index (κ1) is 24.8. The lowest BCUT2D eigenvalue weighted by Crippen LogP contribution is -2.38. The van der Waals surface area contributed by atoms with Gasteiger partial charge in [0.2, 0.25) is 0 Å². The molecule has 4 aromatic rings. The average molecular weight is 498 g/mol. The summed E-state index contributed by atoms with van der Waals surface area (Å²) in [5.41, 5.74) is 1.09. The zero-order valence-corrected chi connectivity index (χ0v) is 19.2. The third-order valence-corrected chi connectivity index (χ3v) is 5.23. The summed E-state index contributed by atoms with van der Waals surface area (Å²) >= 11 is 0. The minimum absolute atomic E-state index is 0.101. The molecule has 0 fully saturated rings. The van der Waals surface area contributed by atoms with Crippen LogP contribution in [-0.4, -0.2) is 51.0 Å². The highest BCUT2D eigenvalue weighted by Gasteiger charge is 2.42. The number of carbonyl (C=O) groups is 1. The Bertz CT molecular complexity index is 1340. The van der Waals surface area contributed by atoms with Crippen molar-refractivity contribution in [2.45, 2.75) is 18.8 Å². The first-order valence-electron chi connectivity index (χ1n) is 10.6. The molecular weight excluding hydrogens is 477 g/mol. The molecule has 0 saturated carbocycles. The number of carbonyl (C=O) groups excluding carboxylic acids is 1. The number of amides is 1. The Hall–Kier alpha value is -4.32. The van der Waals surface area contributed by atoms with E-state index in [-0.39, 0.29) is 29.4 Å². The topological polar surface area (TPSA) is 104 Å². The smallest absolute Gasteiger partial charge is 0.412 e. The molecule has 0 aliphatic heterocycles. The number of hydrogen-bond acceptors (Lipinski definition) is 7. The summed E-state index contributed by atoms with van der Waals surface area (Å²) < 4.78 is 53.1. The number of rotatable bonds is 8. The van der Waals surface area contributed by atoms with E-state index in [1.807, 2.05) is 23.5 Å². The number of alkyl halides is 3. The second kappa shape index (κ2) is 10.5. The van der Waals surface area contributed by atoms with Crippen LogP contribution in [0, 0.1) is 0 Å². The lowest BCUT2D eigenvalue weighted by atomic mass is 10.1. The van der Waals surface area contributed by atoms with E-state index in [0.717, 1.165) is 12.4 Å². The predicted molar refractivity (Wildman–Crippen MR) is 122 cm³/mol. The molecule has 3 aromatic heterocycles. The quantitative estimate of drug-likeness (QED) is 0.393. The fourth-order valence-corrected chi connectivity index (χ4v) is 3.58. The minimum atomic E-state index is -4.75. The predicted octanol–water partition coefficient (Wildman–Crippen LogP) is 3.91. The highest BCUT2D eigenvalue weighted by atomic mass is 19.4. The van der Waals surface area contributed by atoms with Crippen LogP contribution in [0.15, 0.2) is 67.3 Å². The van der Waals surface area contributed by atoms with Gasteiger partial charge < -0.3 is 14.8 Å². The van der Waals surface area contributed by atoms with Gasteiger partial charge >= 0.3 is 6.18 Å². The second-order valence-corrected chi connectivity index (χ2v) is 7.53. The molecule has 0 saturated heterocycles. The van der Waals surface area contributed by atoms with E-state index in [1.54, 1.807) is 12.1 Å². The SMILES string of the molecule is COCc1c(C(=O)N[C@H](c2cccnc2)C(F)(F)F)cnn1-c1nccc(-c2ccccc2OC)n1. The molecule has 0 aliphatic carbocycles. The van der Waals surface area contributed by atoms with Crippen LogP contribution in [0.5, 0.6) is 5.75 Å². The molecular formula is C24H21F3N6O3. The van der Waals surface area contributed by atoms with Gasteiger partial charge in [0, 0.05) is 36.8 Å². The Morgan fingerprint density at radius 1 is 1.08 bits per heavy atom. The molecule has 12 heteroatoms. The van der Waals surface area contributed by atoms with Crippen molar-refractivity contribution in [1.29, 1.82) is 0 Å². The van der Waals surface area contributed by atoms with Crippen LogP contribution in [0.2, 0.25) is 0 Å². The van der Waals surface area contributed by atoms with Gasteiger partial charge in [0.1, 0.15) is 5.75 Å². The molecule has 1 aromatic carbocycles. The number of aromatic nitrogens is 5. The molecule has 1 amide bonds. The molecule has 186 valence electrons. The molecule has 1 N–H and O–H groups in total. The first-order chi connectivity index (χ1) is 17.3. The molecule has 36 heavy (non-hydrogen) atoms. The largest absolute Gasteiger partial charge is 0.496 e. The fraction of sp³-hybridized carbons (Fsp3) is 0.208. The molecule has 3 heterocycles. The van der Waals surface area contributed by atoms with E-state index >= 15 is 0 Å². The average Bonchev–Trinajstić information content (AvgIpc) is 3.31. The minimum Gasteiger partial charge on any atom is -0.496 e. The monoisotopic (exact) mass is 498 g/mol. The van der Waals surface area contributed by atoms with Crippen LogP contribution >= 0.6 is 0 Å². The van der Waals surface area contributed by atoms with E-state index in [2.05, 4.69) is 20.1 Å². The molecule has 0 spiro atoms. The highest BCUT2D eigenvalue weighted by Crippen LogP contribution is 2.33. The number of para-hydroxylation sites is 1. The van der Waals surface area contributed by atoms with Crippen molar-refractivity contribution in [1.82, 2.24) is 30.0 Å². The summed E-state index contributed by atoms with van der Waals surface area (Å²) in [5, 5.41) is 6.21. The highest BCUT2D eigenvalue weighted by molar-refractivity contribution is 5.95. The van der Waals surface area contributed by atoms with Crippen LogP contribution in [0.1, 0.15) is 27.7 Å². The molecule has 9 nitrogen and oxygen atoms in total. The lowest BCUT2D eigenvalue weighted by molar-refractivity contribution is -0.155. The molecule has 1 atom stereocenters. The van der Waals surface area contributed by atoms with E-state index < -0.39 is 18.1 Å². The van der Waals surface area contributed by atoms with Crippen LogP contribution < -0.4 is 10.1 Å². The molecule has 0 unspecified atom stereocenters. The van der Waals surface area contributed by atoms with E-state index in [1.165, 1.54) is 43.4 Å². The van der Waals surface area contributed by atoms with Gasteiger partial charge in [-0.3, -0.25) is 9.78 Å². The Balaban J connectivity index is 1.70. The summed E-state index contributed by atoms with van der Waals surface area (Å²) in [6.45, 7) is -0.130. The van der Waals surface area contributed by atoms with Gasteiger partial charge in [-0.1, -0.05) is 18.2 Å². The molecule has 4 rings (SSSR count). The van der Waals surface area contributed by atoms with Crippen molar-refractivity contribution in [3.8, 4) is 23.0 Å². The molecule has 0 radical (unpaired) electrons. The summed E-state index contributed by atoms with van der Waals surface area (Å²) in [4.78, 5) is 25.5. The number of halogens is 3. The molecule has 0 aliphatic rings. The number of benzene rings is 1. The van der Waals surface area contributed by atoms with Crippen LogP contribution in [-0.2, 0) is 11.3 Å².